The van der Waals surface area contributed by atoms with Gasteiger partial charge in [-0.2, -0.15) is 0 Å². The number of carbonyl (C=O) groups excluding carboxylic acids is 1. The van der Waals surface area contributed by atoms with Crippen molar-refractivity contribution in [2.24, 2.45) is 5.92 Å². The minimum absolute atomic E-state index is 0.0561. The highest BCUT2D eigenvalue weighted by atomic mass is 32.1. The van der Waals surface area contributed by atoms with Crippen LogP contribution in [0.1, 0.15) is 48.9 Å². The standard InChI is InChI=1S/C32H32N6O3S/c1-40-32(25-6-2-3-7-25)18-20-37(21-19-32)26-16-14-23(15-17-26)30-35-34-29(42-30)22-10-12-24(13-11-22)31(39)41-38-28-9-5-4-8-27(28)33-36-38/h4-5,8-17,25H,2-3,6-7,18-21H2,1H3. The molecule has 0 N–H and O–H groups in total. The third-order valence-corrected chi connectivity index (χ3v) is 9.90. The zero-order chi connectivity index (χ0) is 28.5. The van der Waals surface area contributed by atoms with Gasteiger partial charge in [-0.15, -0.1) is 15.3 Å². The van der Waals surface area contributed by atoms with Crippen molar-refractivity contribution in [3.63, 3.8) is 0 Å². The van der Waals surface area contributed by atoms with E-state index >= 15 is 0 Å². The van der Waals surface area contributed by atoms with Crippen molar-refractivity contribution in [2.75, 3.05) is 25.1 Å². The van der Waals surface area contributed by atoms with Crippen molar-refractivity contribution in [1.29, 1.82) is 0 Å². The first kappa shape index (κ1) is 26.7. The van der Waals surface area contributed by atoms with Gasteiger partial charge in [0.05, 0.1) is 11.2 Å². The van der Waals surface area contributed by atoms with Crippen LogP contribution in [0.4, 0.5) is 5.69 Å². The summed E-state index contributed by atoms with van der Waals surface area (Å²) in [6.07, 6.45) is 7.48. The Morgan fingerprint density at radius 1 is 0.857 bits per heavy atom. The first-order chi connectivity index (χ1) is 20.6. The Kier molecular flexibility index (Phi) is 7.17. The van der Waals surface area contributed by atoms with E-state index in [4.69, 9.17) is 9.57 Å². The Balaban J connectivity index is 0.991. The van der Waals surface area contributed by atoms with Gasteiger partial charge in [0.2, 0.25) is 0 Å². The number of hydrogen-bond donors (Lipinski definition) is 0. The van der Waals surface area contributed by atoms with Crippen molar-refractivity contribution in [2.45, 2.75) is 44.1 Å². The minimum atomic E-state index is -0.518. The molecular formula is C32H32N6O3S. The van der Waals surface area contributed by atoms with Crippen LogP contribution < -0.4 is 9.74 Å². The van der Waals surface area contributed by atoms with Gasteiger partial charge in [-0.1, -0.05) is 53.3 Å². The number of rotatable bonds is 7. The number of nitrogens with zero attached hydrogens (tertiary/aromatic N) is 6. The maximum Gasteiger partial charge on any atom is 0.365 e. The maximum atomic E-state index is 12.7. The number of fused-ring (bicyclic) bond motifs is 1. The summed E-state index contributed by atoms with van der Waals surface area (Å²) in [5, 5.41) is 18.4. The van der Waals surface area contributed by atoms with Gasteiger partial charge in [0.25, 0.3) is 0 Å². The second kappa shape index (κ2) is 11.3. The third-order valence-electron chi connectivity index (χ3n) is 8.88. The number of ether oxygens (including phenoxy) is 1. The van der Waals surface area contributed by atoms with E-state index in [0.717, 1.165) is 51.9 Å². The first-order valence-corrected chi connectivity index (χ1v) is 15.3. The number of benzene rings is 3. The zero-order valence-corrected chi connectivity index (χ0v) is 24.3. The molecule has 2 aromatic heterocycles. The Hall–Kier alpha value is -4.15. The molecule has 3 aromatic carbocycles. The fraction of sp³-hybridized carbons (Fsp3) is 0.344. The Labute approximate surface area is 248 Å². The normalized spacial score (nSPS) is 17.1. The molecule has 5 aromatic rings. The fourth-order valence-corrected chi connectivity index (χ4v) is 7.30. The highest BCUT2D eigenvalue weighted by Crippen LogP contribution is 2.43. The molecule has 9 nitrogen and oxygen atoms in total. The summed E-state index contributed by atoms with van der Waals surface area (Å²) >= 11 is 1.53. The lowest BCUT2D eigenvalue weighted by Crippen LogP contribution is -2.49. The van der Waals surface area contributed by atoms with Gasteiger partial charge in [0.1, 0.15) is 21.0 Å². The van der Waals surface area contributed by atoms with Gasteiger partial charge in [-0.25, -0.2) is 4.79 Å². The first-order valence-electron chi connectivity index (χ1n) is 14.5. The number of methoxy groups -OCH3 is 1. The van der Waals surface area contributed by atoms with Gasteiger partial charge < -0.3 is 14.5 Å². The lowest BCUT2D eigenvalue weighted by atomic mass is 9.78. The Bertz CT molecular complexity index is 1680. The molecule has 2 aliphatic rings. The number of aromatic nitrogens is 5. The summed E-state index contributed by atoms with van der Waals surface area (Å²) in [5.74, 6) is 0.194. The van der Waals surface area contributed by atoms with Crippen molar-refractivity contribution >= 4 is 34.0 Å². The molecule has 1 aliphatic carbocycles. The van der Waals surface area contributed by atoms with Gasteiger partial charge in [0, 0.05) is 37.0 Å². The molecule has 1 aliphatic heterocycles. The summed E-state index contributed by atoms with van der Waals surface area (Å²) in [4.78, 5) is 21.7. The quantitative estimate of drug-likeness (QED) is 0.214. The van der Waals surface area contributed by atoms with Crippen LogP contribution in [-0.4, -0.2) is 57.1 Å². The second-order valence-electron chi connectivity index (χ2n) is 11.1. The molecule has 0 atom stereocenters. The van der Waals surface area contributed by atoms with Crippen LogP contribution >= 0.6 is 11.3 Å². The number of carbonyl (C=O) groups is 1. The molecule has 3 heterocycles. The Morgan fingerprint density at radius 3 is 2.17 bits per heavy atom. The van der Waals surface area contributed by atoms with E-state index in [-0.39, 0.29) is 5.60 Å². The molecule has 214 valence electrons. The topological polar surface area (TPSA) is 95.3 Å². The van der Waals surface area contributed by atoms with E-state index in [1.54, 1.807) is 18.2 Å². The van der Waals surface area contributed by atoms with Gasteiger partial charge in [0.15, 0.2) is 0 Å². The van der Waals surface area contributed by atoms with Crippen LogP contribution in [0.15, 0.2) is 72.8 Å². The second-order valence-corrected chi connectivity index (χ2v) is 12.1. The number of hydrogen-bond acceptors (Lipinski definition) is 9. The van der Waals surface area contributed by atoms with Gasteiger partial charge in [-0.05, 0) is 85.3 Å². The summed E-state index contributed by atoms with van der Waals surface area (Å²) < 4.78 is 6.15. The number of piperidine rings is 1. The van der Waals surface area contributed by atoms with Crippen LogP contribution in [0.5, 0.6) is 0 Å². The van der Waals surface area contributed by atoms with E-state index in [1.165, 1.54) is 42.7 Å². The molecule has 10 heteroatoms. The predicted octanol–water partition coefficient (Wildman–Crippen LogP) is 6.06. The van der Waals surface area contributed by atoms with Crippen molar-refractivity contribution in [3.05, 3.63) is 78.4 Å². The van der Waals surface area contributed by atoms with E-state index in [1.807, 2.05) is 37.4 Å². The lowest BCUT2D eigenvalue weighted by Gasteiger charge is -2.45. The average molecular weight is 581 g/mol. The number of anilines is 1. The zero-order valence-electron chi connectivity index (χ0n) is 23.5. The maximum absolute atomic E-state index is 12.7. The SMILES string of the molecule is COC1(C2CCCC2)CCN(c2ccc(-c3nnc(-c4ccc(C(=O)On5nnc6ccccc65)cc4)s3)cc2)CC1. The molecule has 1 saturated heterocycles. The molecule has 42 heavy (non-hydrogen) atoms. The monoisotopic (exact) mass is 580 g/mol. The Morgan fingerprint density at radius 2 is 1.50 bits per heavy atom. The van der Waals surface area contributed by atoms with Crippen LogP contribution in [0, 0.1) is 5.92 Å². The molecule has 0 radical (unpaired) electrons. The van der Waals surface area contributed by atoms with Crippen LogP contribution in [0.3, 0.4) is 0 Å². The van der Waals surface area contributed by atoms with Crippen molar-refractivity contribution in [1.82, 2.24) is 25.4 Å². The van der Waals surface area contributed by atoms with Gasteiger partial charge >= 0.3 is 5.97 Å². The van der Waals surface area contributed by atoms with Crippen molar-refractivity contribution < 1.29 is 14.4 Å². The molecule has 1 saturated carbocycles. The summed E-state index contributed by atoms with van der Waals surface area (Å²) in [6, 6.07) is 23.1. The van der Waals surface area contributed by atoms with E-state index < -0.39 is 5.97 Å². The van der Waals surface area contributed by atoms with Crippen LogP contribution in [0.25, 0.3) is 32.2 Å². The van der Waals surface area contributed by atoms with Gasteiger partial charge in [-0.3, -0.25) is 0 Å². The van der Waals surface area contributed by atoms with Crippen molar-refractivity contribution in [3.8, 4) is 21.1 Å². The molecule has 0 unspecified atom stereocenters. The lowest BCUT2D eigenvalue weighted by molar-refractivity contribution is -0.0737. The highest BCUT2D eigenvalue weighted by molar-refractivity contribution is 7.17. The molecule has 0 spiro atoms. The molecule has 0 amide bonds. The molecular weight excluding hydrogens is 548 g/mol. The molecule has 0 bridgehead atoms. The third kappa shape index (κ3) is 5.05. The molecule has 2 fully saturated rings. The summed E-state index contributed by atoms with van der Waals surface area (Å²) in [5.41, 5.74) is 4.90. The largest absolute Gasteiger partial charge is 0.378 e. The average Bonchev–Trinajstić information content (AvgIpc) is 3.84. The highest BCUT2D eigenvalue weighted by Gasteiger charge is 2.42. The minimum Gasteiger partial charge on any atom is -0.378 e. The number of para-hydroxylation sites is 1. The van der Waals surface area contributed by atoms with E-state index in [0.29, 0.717) is 22.5 Å². The van der Waals surface area contributed by atoms with Crippen LogP contribution in [-0.2, 0) is 4.74 Å². The smallest absolute Gasteiger partial charge is 0.365 e. The fourth-order valence-electron chi connectivity index (χ4n) is 6.44. The molecule has 7 rings (SSSR count). The summed E-state index contributed by atoms with van der Waals surface area (Å²) in [7, 11) is 1.91. The van der Waals surface area contributed by atoms with E-state index in [2.05, 4.69) is 49.7 Å². The van der Waals surface area contributed by atoms with Crippen LogP contribution in [0.2, 0.25) is 0 Å². The summed E-state index contributed by atoms with van der Waals surface area (Å²) in [6.45, 7) is 2.04. The van der Waals surface area contributed by atoms with E-state index in [9.17, 15) is 4.79 Å². The predicted molar refractivity (Wildman–Crippen MR) is 162 cm³/mol.